The van der Waals surface area contributed by atoms with Crippen molar-refractivity contribution in [3.05, 3.63) is 72.6 Å². The van der Waals surface area contributed by atoms with Gasteiger partial charge in [-0.05, 0) is 68.7 Å². The number of H-pyrrole nitrogens is 2. The highest BCUT2D eigenvalue weighted by Crippen LogP contribution is 2.43. The molecule has 3 aliphatic heterocycles. The third-order valence-corrected chi connectivity index (χ3v) is 10.6. The van der Waals surface area contributed by atoms with Crippen LogP contribution in [0.5, 0.6) is 0 Å². The minimum absolute atomic E-state index is 0.0737. The SMILES string of the molecule is COC(=O)NC1CCC2SCC(c3ncc(-c4ccc(-c5ccc(-c6cnc(C7CCCN7C(=O)OC(C)(C)C)[nH]6)cc5)cc4)[nH]3)N2C1=O. The Balaban J connectivity index is 1.01. The first-order chi connectivity index (χ1) is 23.6. The number of fused-ring (bicyclic) bond motifs is 1. The zero-order valence-electron chi connectivity index (χ0n) is 28.1. The summed E-state index contributed by atoms with van der Waals surface area (Å²) >= 11 is 1.75. The van der Waals surface area contributed by atoms with E-state index in [-0.39, 0.29) is 29.5 Å². The van der Waals surface area contributed by atoms with E-state index in [9.17, 15) is 14.4 Å². The number of nitrogens with zero attached hydrogens (tertiary/aromatic N) is 4. The van der Waals surface area contributed by atoms with Crippen LogP contribution >= 0.6 is 11.8 Å². The zero-order valence-corrected chi connectivity index (χ0v) is 28.9. The van der Waals surface area contributed by atoms with E-state index >= 15 is 0 Å². The summed E-state index contributed by atoms with van der Waals surface area (Å²) in [7, 11) is 1.30. The van der Waals surface area contributed by atoms with Crippen LogP contribution in [-0.4, -0.2) is 84.3 Å². The molecule has 0 radical (unpaired) electrons. The lowest BCUT2D eigenvalue weighted by Gasteiger charge is -2.36. The summed E-state index contributed by atoms with van der Waals surface area (Å²) in [5.41, 5.74) is 5.40. The molecule has 4 unspecified atom stereocenters. The van der Waals surface area contributed by atoms with Gasteiger partial charge in [0.25, 0.3) is 0 Å². The molecule has 13 heteroatoms. The van der Waals surface area contributed by atoms with Gasteiger partial charge in [-0.1, -0.05) is 48.5 Å². The number of alkyl carbamates (subject to hydrolysis) is 1. The van der Waals surface area contributed by atoms with Gasteiger partial charge in [-0.15, -0.1) is 11.8 Å². The number of benzene rings is 2. The number of aromatic nitrogens is 4. The van der Waals surface area contributed by atoms with Crippen molar-refractivity contribution in [2.45, 2.75) is 75.6 Å². The number of amides is 3. The van der Waals surface area contributed by atoms with E-state index in [1.807, 2.05) is 38.1 Å². The molecule has 2 aromatic carbocycles. The average molecular weight is 684 g/mol. The van der Waals surface area contributed by atoms with Crippen LogP contribution in [0.25, 0.3) is 33.6 Å². The Morgan fingerprint density at radius 2 is 1.43 bits per heavy atom. The van der Waals surface area contributed by atoms with Crippen LogP contribution in [0, 0.1) is 0 Å². The number of hydrogen-bond acceptors (Lipinski definition) is 8. The number of hydrogen-bond donors (Lipinski definition) is 3. The minimum Gasteiger partial charge on any atom is -0.453 e. The van der Waals surface area contributed by atoms with Crippen molar-refractivity contribution >= 4 is 29.9 Å². The van der Waals surface area contributed by atoms with Crippen molar-refractivity contribution in [2.75, 3.05) is 19.4 Å². The van der Waals surface area contributed by atoms with Crippen molar-refractivity contribution < 1.29 is 23.9 Å². The van der Waals surface area contributed by atoms with Crippen LogP contribution in [-0.2, 0) is 14.3 Å². The van der Waals surface area contributed by atoms with E-state index in [2.05, 4.69) is 73.8 Å². The molecular formula is C36H41N7O5S. The molecule has 0 spiro atoms. The molecule has 3 aliphatic rings. The molecule has 4 atom stereocenters. The van der Waals surface area contributed by atoms with Gasteiger partial charge in [0.2, 0.25) is 5.91 Å². The number of carbonyl (C=O) groups is 3. The Bertz CT molecular complexity index is 1830. The van der Waals surface area contributed by atoms with E-state index in [4.69, 9.17) is 9.47 Å². The second-order valence-corrected chi connectivity index (χ2v) is 14.9. The van der Waals surface area contributed by atoms with Crippen LogP contribution in [0.15, 0.2) is 60.9 Å². The summed E-state index contributed by atoms with van der Waals surface area (Å²) in [5.74, 6) is 2.16. The van der Waals surface area contributed by atoms with Crippen molar-refractivity contribution in [3.8, 4) is 33.6 Å². The fourth-order valence-corrected chi connectivity index (χ4v) is 8.26. The van der Waals surface area contributed by atoms with E-state index in [1.54, 1.807) is 16.7 Å². The fraction of sp³-hybridized carbons (Fsp3) is 0.417. The first-order valence-electron chi connectivity index (χ1n) is 16.7. The number of methoxy groups -OCH3 is 1. The molecule has 3 N–H and O–H groups in total. The minimum atomic E-state index is -0.597. The molecule has 0 aliphatic carbocycles. The Kier molecular flexibility index (Phi) is 8.86. The van der Waals surface area contributed by atoms with Crippen LogP contribution < -0.4 is 5.32 Å². The predicted octanol–water partition coefficient (Wildman–Crippen LogP) is 6.67. The highest BCUT2D eigenvalue weighted by molar-refractivity contribution is 8.00. The van der Waals surface area contributed by atoms with Crippen molar-refractivity contribution in [1.29, 1.82) is 0 Å². The highest BCUT2D eigenvalue weighted by atomic mass is 32.2. The van der Waals surface area contributed by atoms with Crippen LogP contribution in [0.2, 0.25) is 0 Å². The van der Waals surface area contributed by atoms with E-state index in [1.165, 1.54) is 7.11 Å². The highest BCUT2D eigenvalue weighted by Gasteiger charge is 2.46. The summed E-state index contributed by atoms with van der Waals surface area (Å²) in [6, 6.07) is 15.7. The number of ether oxygens (including phenoxy) is 2. The first kappa shape index (κ1) is 32.8. The normalized spacial score (nSPS) is 22.2. The Hall–Kier alpha value is -4.78. The van der Waals surface area contributed by atoms with Gasteiger partial charge in [0.15, 0.2) is 0 Å². The monoisotopic (exact) mass is 683 g/mol. The lowest BCUT2D eigenvalue weighted by molar-refractivity contribution is -0.138. The zero-order chi connectivity index (χ0) is 34.3. The average Bonchev–Trinajstić information content (AvgIpc) is 3.91. The van der Waals surface area contributed by atoms with Gasteiger partial charge in [0.1, 0.15) is 23.3 Å². The van der Waals surface area contributed by atoms with E-state index in [0.717, 1.165) is 70.3 Å². The Labute approximate surface area is 289 Å². The lowest BCUT2D eigenvalue weighted by atomic mass is 10.0. The molecular weight excluding hydrogens is 643 g/mol. The first-order valence-corrected chi connectivity index (χ1v) is 17.7. The maximum Gasteiger partial charge on any atom is 0.410 e. The van der Waals surface area contributed by atoms with Gasteiger partial charge in [-0.2, -0.15) is 0 Å². The van der Waals surface area contributed by atoms with Gasteiger partial charge >= 0.3 is 12.2 Å². The third kappa shape index (κ3) is 6.76. The number of nitrogens with one attached hydrogen (secondary N) is 3. The molecule has 4 aromatic rings. The molecule has 0 saturated carbocycles. The fourth-order valence-electron chi connectivity index (χ4n) is 6.82. The maximum absolute atomic E-state index is 13.3. The van der Waals surface area contributed by atoms with Crippen LogP contribution in [0.1, 0.15) is 70.2 Å². The second kappa shape index (κ2) is 13.3. The lowest BCUT2D eigenvalue weighted by Crippen LogP contribution is -2.54. The van der Waals surface area contributed by atoms with Gasteiger partial charge in [-0.3, -0.25) is 9.69 Å². The molecule has 3 saturated heterocycles. The molecule has 49 heavy (non-hydrogen) atoms. The third-order valence-electron chi connectivity index (χ3n) is 9.25. The standard InChI is InChI=1S/C36H41N7O5S/c1-36(2,3)48-35(46)42-17-5-6-28(42)31-37-18-26(39-31)23-11-7-21(8-12-23)22-9-13-24(14-10-22)27-19-38-32(40-27)29-20-49-30-16-15-25(33(44)43(29)30)41-34(45)47-4/h7-14,18-19,25,28-30H,5-6,15-17,20H2,1-4H3,(H,37,39)(H,38,40)(H,41,45). The molecule has 12 nitrogen and oxygen atoms in total. The number of piperidine rings is 1. The molecule has 2 aromatic heterocycles. The number of thioether (sulfide) groups is 1. The molecule has 0 bridgehead atoms. The Morgan fingerprint density at radius 3 is 2.00 bits per heavy atom. The summed E-state index contributed by atoms with van der Waals surface area (Å²) < 4.78 is 10.3. The Morgan fingerprint density at radius 1 is 0.857 bits per heavy atom. The molecule has 256 valence electrons. The number of rotatable bonds is 6. The summed E-state index contributed by atoms with van der Waals surface area (Å²) in [6.07, 6.45) is 5.88. The largest absolute Gasteiger partial charge is 0.453 e. The van der Waals surface area contributed by atoms with Crippen molar-refractivity contribution in [3.63, 3.8) is 0 Å². The van der Waals surface area contributed by atoms with Gasteiger partial charge in [0, 0.05) is 12.3 Å². The topological polar surface area (TPSA) is 146 Å². The number of carbonyl (C=O) groups excluding carboxylic acids is 3. The van der Waals surface area contributed by atoms with Gasteiger partial charge in [-0.25, -0.2) is 19.6 Å². The van der Waals surface area contributed by atoms with E-state index in [0.29, 0.717) is 13.0 Å². The van der Waals surface area contributed by atoms with Gasteiger partial charge in [0.05, 0.1) is 48.3 Å². The van der Waals surface area contributed by atoms with Gasteiger partial charge < -0.3 is 29.7 Å². The summed E-state index contributed by atoms with van der Waals surface area (Å²) in [6.45, 7) is 6.29. The predicted molar refractivity (Wildman–Crippen MR) is 186 cm³/mol. The van der Waals surface area contributed by atoms with Crippen LogP contribution in [0.3, 0.4) is 0 Å². The molecule has 5 heterocycles. The molecule has 3 amide bonds. The number of imidazole rings is 2. The maximum atomic E-state index is 13.3. The van der Waals surface area contributed by atoms with Crippen molar-refractivity contribution in [1.82, 2.24) is 35.1 Å². The quantitative estimate of drug-likeness (QED) is 0.204. The second-order valence-electron chi connectivity index (χ2n) is 13.7. The molecule has 7 rings (SSSR count). The molecule has 3 fully saturated rings. The number of aromatic amines is 2. The number of likely N-dealkylation sites (tertiary alicyclic amines) is 1. The summed E-state index contributed by atoms with van der Waals surface area (Å²) in [5, 5.41) is 2.75. The van der Waals surface area contributed by atoms with Crippen molar-refractivity contribution in [2.24, 2.45) is 0 Å². The smallest absolute Gasteiger partial charge is 0.410 e. The summed E-state index contributed by atoms with van der Waals surface area (Å²) in [4.78, 5) is 57.7. The van der Waals surface area contributed by atoms with E-state index < -0.39 is 17.7 Å². The van der Waals surface area contributed by atoms with Crippen LogP contribution in [0.4, 0.5) is 9.59 Å².